The normalized spacial score (nSPS) is 12.5. The van der Waals surface area contributed by atoms with E-state index in [4.69, 9.17) is 5.11 Å². The van der Waals surface area contributed by atoms with E-state index in [0.29, 0.717) is 21.2 Å². The highest BCUT2D eigenvalue weighted by Gasteiger charge is 2.40. The highest BCUT2D eigenvalue weighted by atomic mass is 32.1. The smallest absolute Gasteiger partial charge is 0.450 e. The molecule has 0 saturated carbocycles. The molecule has 1 aromatic carbocycles. The fourth-order valence-corrected chi connectivity index (χ4v) is 3.13. The summed E-state index contributed by atoms with van der Waals surface area (Å²) in [7, 11) is 0. The standard InChI is InChI=1S/C15H13F3N4O2S/c16-15(17,18)13-20-10(8-19-6-3-7-23)12(24)22(13)14-21-9-4-1-2-5-11(9)25-14/h1-2,4-5,8,23-24H,3,6-7H2. The molecule has 0 atom stereocenters. The first kappa shape index (κ1) is 17.4. The summed E-state index contributed by atoms with van der Waals surface area (Å²) in [6, 6.07) is 6.88. The summed E-state index contributed by atoms with van der Waals surface area (Å²) < 4.78 is 41.3. The van der Waals surface area contributed by atoms with Gasteiger partial charge in [0.15, 0.2) is 5.13 Å². The second kappa shape index (κ2) is 6.81. The Labute approximate surface area is 143 Å². The number of aliphatic imine (C=N–C) groups is 1. The number of benzene rings is 1. The van der Waals surface area contributed by atoms with Gasteiger partial charge in [0.1, 0.15) is 5.69 Å². The van der Waals surface area contributed by atoms with Gasteiger partial charge in [-0.1, -0.05) is 23.5 Å². The summed E-state index contributed by atoms with van der Waals surface area (Å²) in [6.07, 6.45) is -3.35. The van der Waals surface area contributed by atoms with Gasteiger partial charge in [0.25, 0.3) is 0 Å². The molecular weight excluding hydrogens is 357 g/mol. The number of halogens is 3. The van der Waals surface area contributed by atoms with Gasteiger partial charge in [-0.15, -0.1) is 0 Å². The SMILES string of the molecule is OCCCN=Cc1nc(C(F)(F)F)n(-c2nc3ccccc3s2)c1O. The first-order valence-corrected chi connectivity index (χ1v) is 8.09. The molecule has 0 saturated heterocycles. The third-order valence-electron chi connectivity index (χ3n) is 3.27. The maximum atomic E-state index is 13.3. The van der Waals surface area contributed by atoms with E-state index in [9.17, 15) is 18.3 Å². The molecule has 6 nitrogen and oxygen atoms in total. The van der Waals surface area contributed by atoms with E-state index in [-0.39, 0.29) is 24.0 Å². The molecule has 2 heterocycles. The summed E-state index contributed by atoms with van der Waals surface area (Å²) in [4.78, 5) is 11.5. The maximum Gasteiger partial charge on any atom is 0.450 e. The van der Waals surface area contributed by atoms with Crippen molar-refractivity contribution in [1.29, 1.82) is 0 Å². The molecule has 25 heavy (non-hydrogen) atoms. The van der Waals surface area contributed by atoms with Crippen LogP contribution in [0.4, 0.5) is 13.2 Å². The zero-order valence-electron chi connectivity index (χ0n) is 12.7. The molecule has 3 rings (SSSR count). The van der Waals surface area contributed by atoms with Crippen LogP contribution >= 0.6 is 11.3 Å². The van der Waals surface area contributed by atoms with Crippen molar-refractivity contribution in [3.05, 3.63) is 35.8 Å². The highest BCUT2D eigenvalue weighted by Crippen LogP contribution is 2.37. The molecule has 0 aliphatic rings. The van der Waals surface area contributed by atoms with Crippen molar-refractivity contribution >= 4 is 27.8 Å². The molecule has 0 fully saturated rings. The number of aromatic hydroxyl groups is 1. The van der Waals surface area contributed by atoms with E-state index in [1.165, 1.54) is 0 Å². The van der Waals surface area contributed by atoms with Gasteiger partial charge in [0.05, 0.1) is 16.4 Å². The Morgan fingerprint density at radius 1 is 1.24 bits per heavy atom. The minimum atomic E-state index is -4.77. The lowest BCUT2D eigenvalue weighted by Crippen LogP contribution is -2.13. The number of fused-ring (bicyclic) bond motifs is 1. The van der Waals surface area contributed by atoms with Crippen molar-refractivity contribution < 1.29 is 23.4 Å². The summed E-state index contributed by atoms with van der Waals surface area (Å²) in [5.74, 6) is -1.95. The van der Waals surface area contributed by atoms with Gasteiger partial charge in [-0.3, -0.25) is 4.99 Å². The molecular formula is C15H13F3N4O2S. The van der Waals surface area contributed by atoms with E-state index in [2.05, 4.69) is 15.0 Å². The minimum absolute atomic E-state index is 0.0338. The monoisotopic (exact) mass is 370 g/mol. The van der Waals surface area contributed by atoms with Crippen LogP contribution in [0.1, 0.15) is 17.9 Å². The predicted octanol–water partition coefficient (Wildman–Crippen LogP) is 3.01. The molecule has 2 aromatic heterocycles. The lowest BCUT2D eigenvalue weighted by atomic mass is 10.3. The largest absolute Gasteiger partial charge is 0.493 e. The number of alkyl halides is 3. The van der Waals surface area contributed by atoms with Gasteiger partial charge < -0.3 is 10.2 Å². The fraction of sp³-hybridized carbons (Fsp3) is 0.267. The summed E-state index contributed by atoms with van der Waals surface area (Å²) >= 11 is 1.01. The molecule has 0 amide bonds. The van der Waals surface area contributed by atoms with E-state index < -0.39 is 17.9 Å². The first-order valence-electron chi connectivity index (χ1n) is 7.27. The molecule has 0 radical (unpaired) electrons. The quantitative estimate of drug-likeness (QED) is 0.534. The van der Waals surface area contributed by atoms with Gasteiger partial charge in [0.2, 0.25) is 11.7 Å². The topological polar surface area (TPSA) is 83.5 Å². The Hall–Kier alpha value is -2.46. The Bertz CT molecular complexity index is 884. The minimum Gasteiger partial charge on any atom is -0.493 e. The number of nitrogens with zero attached hydrogens (tertiary/aromatic N) is 4. The van der Waals surface area contributed by atoms with Crippen LogP contribution in [0.5, 0.6) is 5.88 Å². The zero-order chi connectivity index (χ0) is 18.0. The van der Waals surface area contributed by atoms with Crippen molar-refractivity contribution in [2.45, 2.75) is 12.6 Å². The third kappa shape index (κ3) is 3.49. The number of imidazole rings is 1. The predicted molar refractivity (Wildman–Crippen MR) is 87.6 cm³/mol. The van der Waals surface area contributed by atoms with Gasteiger partial charge in [-0.2, -0.15) is 13.2 Å². The third-order valence-corrected chi connectivity index (χ3v) is 4.29. The molecule has 0 aliphatic carbocycles. The van der Waals surface area contributed by atoms with Crippen LogP contribution in [0, 0.1) is 0 Å². The van der Waals surface area contributed by atoms with E-state index >= 15 is 0 Å². The number of para-hydroxylation sites is 1. The lowest BCUT2D eigenvalue weighted by molar-refractivity contribution is -0.146. The second-order valence-electron chi connectivity index (χ2n) is 5.05. The molecule has 0 unspecified atom stereocenters. The average Bonchev–Trinajstić information content (AvgIpc) is 3.12. The van der Waals surface area contributed by atoms with E-state index in [0.717, 1.165) is 17.6 Å². The van der Waals surface area contributed by atoms with Crippen LogP contribution in [0.2, 0.25) is 0 Å². The van der Waals surface area contributed by atoms with Crippen molar-refractivity contribution in [2.24, 2.45) is 4.99 Å². The van der Waals surface area contributed by atoms with Crippen molar-refractivity contribution in [3.63, 3.8) is 0 Å². The van der Waals surface area contributed by atoms with Crippen LogP contribution in [-0.2, 0) is 6.18 Å². The summed E-state index contributed by atoms with van der Waals surface area (Å²) in [5, 5.41) is 18.9. The fourth-order valence-electron chi connectivity index (χ4n) is 2.16. The molecule has 0 aliphatic heterocycles. The van der Waals surface area contributed by atoms with Crippen LogP contribution < -0.4 is 0 Å². The summed E-state index contributed by atoms with van der Waals surface area (Å²) in [5.41, 5.74) is 0.228. The van der Waals surface area contributed by atoms with Crippen molar-refractivity contribution in [1.82, 2.24) is 14.5 Å². The van der Waals surface area contributed by atoms with E-state index in [1.807, 2.05) is 0 Å². The van der Waals surface area contributed by atoms with Gasteiger partial charge in [-0.05, 0) is 18.6 Å². The molecule has 132 valence electrons. The van der Waals surface area contributed by atoms with Gasteiger partial charge in [0, 0.05) is 13.2 Å². The number of aliphatic hydroxyl groups is 1. The number of hydrogen-bond donors (Lipinski definition) is 2. The Morgan fingerprint density at radius 2 is 2.00 bits per heavy atom. The van der Waals surface area contributed by atoms with E-state index in [1.54, 1.807) is 24.3 Å². The Balaban J connectivity index is 2.10. The van der Waals surface area contributed by atoms with Crippen LogP contribution in [-0.4, -0.2) is 44.1 Å². The number of aromatic nitrogens is 3. The molecule has 10 heteroatoms. The number of hydrogen-bond acceptors (Lipinski definition) is 6. The first-order chi connectivity index (χ1) is 11.9. The second-order valence-corrected chi connectivity index (χ2v) is 6.06. The molecule has 0 spiro atoms. The van der Waals surface area contributed by atoms with Crippen molar-refractivity contribution in [3.8, 4) is 11.0 Å². The highest BCUT2D eigenvalue weighted by molar-refractivity contribution is 7.20. The molecule has 2 N–H and O–H groups in total. The van der Waals surface area contributed by atoms with Crippen molar-refractivity contribution in [2.75, 3.05) is 13.2 Å². The van der Waals surface area contributed by atoms with Crippen LogP contribution in [0.15, 0.2) is 29.3 Å². The number of aliphatic hydroxyl groups excluding tert-OH is 1. The van der Waals surface area contributed by atoms with Gasteiger partial charge >= 0.3 is 6.18 Å². The Kier molecular flexibility index (Phi) is 4.73. The Morgan fingerprint density at radius 3 is 2.68 bits per heavy atom. The lowest BCUT2D eigenvalue weighted by Gasteiger charge is -2.07. The van der Waals surface area contributed by atoms with Crippen LogP contribution in [0.25, 0.3) is 15.3 Å². The molecule has 3 aromatic rings. The van der Waals surface area contributed by atoms with Gasteiger partial charge in [-0.25, -0.2) is 14.5 Å². The maximum absolute atomic E-state index is 13.3. The number of thiazole rings is 1. The van der Waals surface area contributed by atoms with Crippen LogP contribution in [0.3, 0.4) is 0 Å². The summed E-state index contributed by atoms with van der Waals surface area (Å²) in [6.45, 7) is 0.128. The number of rotatable bonds is 5. The zero-order valence-corrected chi connectivity index (χ0v) is 13.5. The average molecular weight is 370 g/mol. The molecule has 0 bridgehead atoms.